The number of anilines is 1. The van der Waals surface area contributed by atoms with Crippen molar-refractivity contribution < 1.29 is 33.0 Å². The minimum Gasteiger partial charge on any atom is -0.395 e. The van der Waals surface area contributed by atoms with Crippen LogP contribution in [0.4, 0.5) is 18.9 Å². The first kappa shape index (κ1) is 23.5. The van der Waals surface area contributed by atoms with Gasteiger partial charge in [0.15, 0.2) is 5.82 Å². The Morgan fingerprint density at radius 3 is 2.44 bits per heavy atom. The maximum atomic E-state index is 13.0. The van der Waals surface area contributed by atoms with Crippen LogP contribution in [0.5, 0.6) is 0 Å². The molecule has 0 saturated carbocycles. The molecule has 170 valence electrons. The highest BCUT2D eigenvalue weighted by Gasteiger charge is 2.34. The molecular formula is C19H18F3N5O4S. The number of nitrogens with two attached hydrogens (primary N) is 1. The van der Waals surface area contributed by atoms with Crippen LogP contribution in [0.2, 0.25) is 0 Å². The summed E-state index contributed by atoms with van der Waals surface area (Å²) < 4.78 is 39.0. The number of benzene rings is 1. The molecule has 32 heavy (non-hydrogen) atoms. The summed E-state index contributed by atoms with van der Waals surface area (Å²) in [5, 5.41) is 21.3. The van der Waals surface area contributed by atoms with E-state index in [1.54, 1.807) is 6.07 Å². The summed E-state index contributed by atoms with van der Waals surface area (Å²) in [7, 11) is 0. The predicted octanol–water partition coefficient (Wildman–Crippen LogP) is 1.29. The molecule has 13 heteroatoms. The van der Waals surface area contributed by atoms with Gasteiger partial charge in [0.2, 0.25) is 0 Å². The highest BCUT2D eigenvalue weighted by Crippen LogP contribution is 2.44. The molecule has 0 fully saturated rings. The number of fused-ring (bicyclic) bond motifs is 1. The number of carbonyl (C=O) groups excluding carboxylic acids is 2. The lowest BCUT2D eigenvalue weighted by molar-refractivity contribution is -0.141. The Bertz CT molecular complexity index is 1070. The Hall–Kier alpha value is -3.16. The van der Waals surface area contributed by atoms with Gasteiger partial charge in [-0.3, -0.25) is 9.59 Å². The number of alkyl halides is 3. The lowest BCUT2D eigenvalue weighted by atomic mass is 10.1. The third-order valence-electron chi connectivity index (χ3n) is 4.36. The van der Waals surface area contributed by atoms with E-state index in [1.807, 2.05) is 0 Å². The first-order chi connectivity index (χ1) is 15.2. The lowest BCUT2D eigenvalue weighted by Crippen LogP contribution is -2.35. The first-order valence-corrected chi connectivity index (χ1v) is 10.0. The Morgan fingerprint density at radius 2 is 1.84 bits per heavy atom. The number of aliphatic hydroxyl groups excluding tert-OH is 2. The number of hydrogen-bond acceptors (Lipinski definition) is 8. The number of hydrogen-bond donors (Lipinski definition) is 4. The van der Waals surface area contributed by atoms with Gasteiger partial charge in [-0.05, 0) is 24.3 Å². The predicted molar refractivity (Wildman–Crippen MR) is 109 cm³/mol. The maximum absolute atomic E-state index is 13.0. The number of rotatable bonds is 7. The van der Waals surface area contributed by atoms with Gasteiger partial charge in [0.25, 0.3) is 11.8 Å². The molecule has 0 saturated heterocycles. The number of amides is 2. The van der Waals surface area contributed by atoms with Gasteiger partial charge in [0.05, 0.1) is 23.9 Å². The van der Waals surface area contributed by atoms with Gasteiger partial charge in [-0.25, -0.2) is 9.97 Å². The summed E-state index contributed by atoms with van der Waals surface area (Å²) in [6.45, 7) is -0.491. The van der Waals surface area contributed by atoms with Crippen molar-refractivity contribution in [3.05, 3.63) is 52.6 Å². The maximum Gasteiger partial charge on any atom is 0.433 e. The Balaban J connectivity index is 1.95. The second-order valence-electron chi connectivity index (χ2n) is 6.51. The fraction of sp³-hybridized carbons (Fsp3) is 0.263. The first-order valence-electron chi connectivity index (χ1n) is 9.20. The minimum absolute atomic E-state index is 0.0335. The Labute approximate surface area is 184 Å². The van der Waals surface area contributed by atoms with Gasteiger partial charge < -0.3 is 26.2 Å². The van der Waals surface area contributed by atoms with Gasteiger partial charge in [0, 0.05) is 29.7 Å². The average Bonchev–Trinajstić information content (AvgIpc) is 3.15. The zero-order chi connectivity index (χ0) is 23.5. The zero-order valence-electron chi connectivity index (χ0n) is 16.4. The van der Waals surface area contributed by atoms with Crippen LogP contribution in [0.3, 0.4) is 0 Å². The van der Waals surface area contributed by atoms with E-state index in [9.17, 15) is 22.8 Å². The highest BCUT2D eigenvalue weighted by molar-refractivity contribution is 8.04. The van der Waals surface area contributed by atoms with Crippen LogP contribution in [-0.2, 0) is 11.0 Å². The van der Waals surface area contributed by atoms with E-state index < -0.39 is 29.5 Å². The fourth-order valence-electron chi connectivity index (χ4n) is 2.91. The Morgan fingerprint density at radius 1 is 1.16 bits per heavy atom. The SMILES string of the molecule is NC(=O)/C(=C1\Nc2ccc(C(=O)N(CCO)CCO)cc2S1)c1nccc(C(F)(F)F)n1. The molecule has 0 aliphatic carbocycles. The summed E-state index contributed by atoms with van der Waals surface area (Å²) in [6, 6.07) is 5.27. The smallest absolute Gasteiger partial charge is 0.395 e. The molecule has 0 spiro atoms. The molecule has 0 bridgehead atoms. The topological polar surface area (TPSA) is 142 Å². The summed E-state index contributed by atoms with van der Waals surface area (Å²) in [5.74, 6) is -1.94. The summed E-state index contributed by atoms with van der Waals surface area (Å²) in [6.07, 6.45) is -3.84. The molecule has 3 rings (SSSR count). The van der Waals surface area contributed by atoms with Crippen molar-refractivity contribution in [2.45, 2.75) is 11.1 Å². The van der Waals surface area contributed by atoms with E-state index in [-0.39, 0.29) is 42.5 Å². The number of halogens is 3. The Kier molecular flexibility index (Phi) is 7.01. The molecule has 2 amide bonds. The molecule has 1 aromatic carbocycles. The number of aromatic nitrogens is 2. The van der Waals surface area contributed by atoms with Crippen molar-refractivity contribution >= 4 is 34.8 Å². The third kappa shape index (κ3) is 5.00. The van der Waals surface area contributed by atoms with E-state index in [1.165, 1.54) is 17.0 Å². The lowest BCUT2D eigenvalue weighted by Gasteiger charge is -2.20. The van der Waals surface area contributed by atoms with Crippen molar-refractivity contribution in [3.63, 3.8) is 0 Å². The molecular weight excluding hydrogens is 451 g/mol. The number of thioether (sulfide) groups is 1. The second kappa shape index (κ2) is 9.54. The molecule has 0 radical (unpaired) electrons. The van der Waals surface area contributed by atoms with Crippen LogP contribution in [0.1, 0.15) is 21.9 Å². The van der Waals surface area contributed by atoms with Crippen molar-refractivity contribution in [3.8, 4) is 0 Å². The van der Waals surface area contributed by atoms with E-state index >= 15 is 0 Å². The van der Waals surface area contributed by atoms with E-state index in [4.69, 9.17) is 15.9 Å². The second-order valence-corrected chi connectivity index (χ2v) is 7.56. The van der Waals surface area contributed by atoms with E-state index in [0.29, 0.717) is 16.6 Å². The molecule has 9 nitrogen and oxygen atoms in total. The largest absolute Gasteiger partial charge is 0.433 e. The molecule has 2 aromatic rings. The highest BCUT2D eigenvalue weighted by atomic mass is 32.2. The van der Waals surface area contributed by atoms with Crippen molar-refractivity contribution in [1.82, 2.24) is 14.9 Å². The number of carbonyl (C=O) groups is 2. The van der Waals surface area contributed by atoms with Crippen LogP contribution in [0.15, 0.2) is 40.4 Å². The number of nitrogens with zero attached hydrogens (tertiary/aromatic N) is 3. The van der Waals surface area contributed by atoms with Gasteiger partial charge in [0.1, 0.15) is 11.3 Å². The van der Waals surface area contributed by atoms with Crippen molar-refractivity contribution in [2.24, 2.45) is 5.73 Å². The molecule has 0 atom stereocenters. The minimum atomic E-state index is -4.73. The summed E-state index contributed by atoms with van der Waals surface area (Å²) in [5.41, 5.74) is 4.63. The summed E-state index contributed by atoms with van der Waals surface area (Å²) in [4.78, 5) is 33.7. The van der Waals surface area contributed by atoms with Gasteiger partial charge in [-0.15, -0.1) is 0 Å². The van der Waals surface area contributed by atoms with Crippen LogP contribution in [-0.4, -0.2) is 63.2 Å². The molecule has 5 N–H and O–H groups in total. The van der Waals surface area contributed by atoms with E-state index in [2.05, 4.69) is 15.3 Å². The van der Waals surface area contributed by atoms with E-state index in [0.717, 1.165) is 18.0 Å². The molecule has 1 aliphatic rings. The average molecular weight is 469 g/mol. The quantitative estimate of drug-likeness (QED) is 0.445. The number of nitrogens with one attached hydrogen (secondary N) is 1. The van der Waals surface area contributed by atoms with Gasteiger partial charge in [-0.2, -0.15) is 13.2 Å². The monoisotopic (exact) mass is 469 g/mol. The van der Waals surface area contributed by atoms with Crippen molar-refractivity contribution in [1.29, 1.82) is 0 Å². The normalized spacial score (nSPS) is 14.5. The molecule has 1 aromatic heterocycles. The van der Waals surface area contributed by atoms with Crippen LogP contribution in [0.25, 0.3) is 5.57 Å². The van der Waals surface area contributed by atoms with Crippen LogP contribution >= 0.6 is 11.8 Å². The molecule has 0 unspecified atom stereocenters. The van der Waals surface area contributed by atoms with Crippen LogP contribution in [0, 0.1) is 0 Å². The number of aliphatic hydroxyl groups is 2. The van der Waals surface area contributed by atoms with Crippen LogP contribution < -0.4 is 11.1 Å². The third-order valence-corrected chi connectivity index (χ3v) is 5.43. The summed E-state index contributed by atoms with van der Waals surface area (Å²) >= 11 is 0.988. The number of primary amides is 1. The standard InChI is InChI=1S/C19H18F3N5O4S/c20-19(21,22)13-3-4-24-16(26-13)14(15(23)30)17-25-11-2-1-10(9-12(11)32-17)18(31)27(5-7-28)6-8-29/h1-4,9,25,28-29H,5-8H2,(H2,23,30)/b17-14-. The fourth-order valence-corrected chi connectivity index (χ4v) is 4.00. The van der Waals surface area contributed by atoms with Gasteiger partial charge >= 0.3 is 6.18 Å². The zero-order valence-corrected chi connectivity index (χ0v) is 17.2. The molecule has 1 aliphatic heterocycles. The van der Waals surface area contributed by atoms with Crippen molar-refractivity contribution in [2.75, 3.05) is 31.6 Å². The van der Waals surface area contributed by atoms with Gasteiger partial charge in [-0.1, -0.05) is 11.8 Å². The molecule has 2 heterocycles.